The fourth-order valence-electron chi connectivity index (χ4n) is 4.54. The number of amides is 1. The van der Waals surface area contributed by atoms with Crippen molar-refractivity contribution in [1.29, 1.82) is 0 Å². The van der Waals surface area contributed by atoms with Gasteiger partial charge in [0.1, 0.15) is 47.9 Å². The molecular formula is C29H33FN2O6. The van der Waals surface area contributed by atoms with Crippen LogP contribution in [0.15, 0.2) is 48.5 Å². The molecule has 3 aromatic carbocycles. The summed E-state index contributed by atoms with van der Waals surface area (Å²) >= 11 is 0. The number of ether oxygens (including phenoxy) is 3. The molecule has 0 spiro atoms. The lowest BCUT2D eigenvalue weighted by Gasteiger charge is -2.39. The van der Waals surface area contributed by atoms with Crippen molar-refractivity contribution in [3.05, 3.63) is 65.5 Å². The van der Waals surface area contributed by atoms with Crippen molar-refractivity contribution in [2.45, 2.75) is 39.0 Å². The maximum absolute atomic E-state index is 14.0. The van der Waals surface area contributed by atoms with Crippen molar-refractivity contribution in [3.63, 3.8) is 0 Å². The number of methoxy groups -OCH3 is 1. The Balaban J connectivity index is 1.81. The molecule has 0 radical (unpaired) electrons. The molecule has 9 heteroatoms. The van der Waals surface area contributed by atoms with E-state index in [1.54, 1.807) is 30.1 Å². The van der Waals surface area contributed by atoms with Gasteiger partial charge in [-0.1, -0.05) is 12.1 Å². The molecule has 0 saturated carbocycles. The number of benzene rings is 3. The molecule has 0 fully saturated rings. The van der Waals surface area contributed by atoms with Crippen LogP contribution in [0.2, 0.25) is 0 Å². The highest BCUT2D eigenvalue weighted by atomic mass is 19.1. The summed E-state index contributed by atoms with van der Waals surface area (Å²) in [5, 5.41) is 22.0. The lowest BCUT2D eigenvalue weighted by molar-refractivity contribution is -0.121. The summed E-state index contributed by atoms with van der Waals surface area (Å²) in [5.74, 6) is 0.857. The van der Waals surface area contributed by atoms with E-state index in [4.69, 9.17) is 19.3 Å². The lowest BCUT2D eigenvalue weighted by atomic mass is 9.91. The number of aliphatic hydroxyl groups is 2. The highest BCUT2D eigenvalue weighted by molar-refractivity contribution is 6.08. The minimum atomic E-state index is -0.999. The van der Waals surface area contributed by atoms with Crippen LogP contribution in [0, 0.1) is 12.7 Å². The first-order valence-electron chi connectivity index (χ1n) is 12.3. The van der Waals surface area contributed by atoms with Gasteiger partial charge in [-0.3, -0.25) is 4.79 Å². The molecule has 0 aliphatic carbocycles. The Morgan fingerprint density at radius 1 is 1.05 bits per heavy atom. The van der Waals surface area contributed by atoms with E-state index in [1.165, 1.54) is 19.2 Å². The first-order valence-corrected chi connectivity index (χ1v) is 12.3. The number of anilines is 2. The third kappa shape index (κ3) is 5.39. The van der Waals surface area contributed by atoms with E-state index in [0.717, 1.165) is 22.4 Å². The number of hydrogen-bond acceptors (Lipinski definition) is 7. The molecule has 3 N–H and O–H groups in total. The Bertz CT molecular complexity index is 1340. The number of nitrogens with zero attached hydrogens (tertiary/aromatic N) is 1. The minimum Gasteiger partial charge on any atom is -0.496 e. The van der Waals surface area contributed by atoms with Crippen LogP contribution >= 0.6 is 0 Å². The fourth-order valence-corrected chi connectivity index (χ4v) is 4.54. The Kier molecular flexibility index (Phi) is 7.80. The van der Waals surface area contributed by atoms with Crippen LogP contribution < -0.4 is 24.4 Å². The zero-order valence-electron chi connectivity index (χ0n) is 22.2. The number of hydrogen-bond donors (Lipinski definition) is 3. The molecule has 1 unspecified atom stereocenters. The molecule has 38 heavy (non-hydrogen) atoms. The standard InChI is InChI=1S/C29H33FN2O6/c1-17-6-7-18(30)12-25(17)38-16-23-21(10-11-24-27(23)32(4)28(35)29(2,3)31-24)22-9-8-20(13-26(22)36-5)37-15-19(34)14-33/h6-13,19,31,33-34H,14-16H2,1-5H3. The number of aliphatic hydroxyl groups excluding tert-OH is 2. The van der Waals surface area contributed by atoms with Crippen molar-refractivity contribution >= 4 is 17.3 Å². The Morgan fingerprint density at radius 2 is 1.79 bits per heavy atom. The molecule has 4 rings (SSSR count). The molecule has 0 bridgehead atoms. The van der Waals surface area contributed by atoms with Gasteiger partial charge in [-0.2, -0.15) is 0 Å². The lowest BCUT2D eigenvalue weighted by Crippen LogP contribution is -2.52. The summed E-state index contributed by atoms with van der Waals surface area (Å²) < 4.78 is 31.3. The molecular weight excluding hydrogens is 491 g/mol. The summed E-state index contributed by atoms with van der Waals surface area (Å²) in [6.45, 7) is 5.07. The largest absolute Gasteiger partial charge is 0.496 e. The van der Waals surface area contributed by atoms with E-state index in [2.05, 4.69) is 5.32 Å². The minimum absolute atomic E-state index is 0.0621. The van der Waals surface area contributed by atoms with Crippen LogP contribution in [0.3, 0.4) is 0 Å². The van der Waals surface area contributed by atoms with E-state index < -0.39 is 24.1 Å². The molecule has 1 aliphatic heterocycles. The van der Waals surface area contributed by atoms with Gasteiger partial charge < -0.3 is 34.6 Å². The smallest absolute Gasteiger partial charge is 0.251 e. The summed E-state index contributed by atoms with van der Waals surface area (Å²) in [4.78, 5) is 14.8. The van der Waals surface area contributed by atoms with E-state index in [-0.39, 0.29) is 19.1 Å². The third-order valence-electron chi connectivity index (χ3n) is 6.54. The van der Waals surface area contributed by atoms with Crippen molar-refractivity contribution < 1.29 is 33.6 Å². The summed E-state index contributed by atoms with van der Waals surface area (Å²) in [6, 6.07) is 13.5. The predicted molar refractivity (Wildman–Crippen MR) is 144 cm³/mol. The second-order valence-corrected chi connectivity index (χ2v) is 9.81. The van der Waals surface area contributed by atoms with Gasteiger partial charge in [-0.25, -0.2) is 4.39 Å². The maximum atomic E-state index is 14.0. The topological polar surface area (TPSA) is 100 Å². The predicted octanol–water partition coefficient (Wildman–Crippen LogP) is 4.29. The van der Waals surface area contributed by atoms with Crippen molar-refractivity contribution in [1.82, 2.24) is 0 Å². The fraction of sp³-hybridized carbons (Fsp3) is 0.345. The van der Waals surface area contributed by atoms with Crippen LogP contribution in [0.1, 0.15) is 25.0 Å². The summed E-state index contributed by atoms with van der Waals surface area (Å²) in [6.07, 6.45) is -0.999. The van der Waals surface area contributed by atoms with Gasteiger partial charge in [0.15, 0.2) is 0 Å². The van der Waals surface area contributed by atoms with Crippen LogP contribution in [0.5, 0.6) is 17.2 Å². The normalized spacial score (nSPS) is 14.9. The SMILES string of the molecule is COc1cc(OCC(O)CO)ccc1-c1ccc2c(c1COc1cc(F)ccc1C)N(C)C(=O)C(C)(C)N2. The molecule has 202 valence electrons. The van der Waals surface area contributed by atoms with Crippen molar-refractivity contribution in [2.24, 2.45) is 0 Å². The van der Waals surface area contributed by atoms with Crippen molar-refractivity contribution in [2.75, 3.05) is 37.6 Å². The average Bonchev–Trinajstić information content (AvgIpc) is 2.90. The van der Waals surface area contributed by atoms with E-state index in [0.29, 0.717) is 28.5 Å². The van der Waals surface area contributed by atoms with Gasteiger partial charge in [0, 0.05) is 30.3 Å². The van der Waals surface area contributed by atoms with Crippen LogP contribution in [-0.2, 0) is 11.4 Å². The summed E-state index contributed by atoms with van der Waals surface area (Å²) in [7, 11) is 3.26. The number of carbonyl (C=O) groups excluding carboxylic acids is 1. The first-order chi connectivity index (χ1) is 18.1. The molecule has 1 heterocycles. The van der Waals surface area contributed by atoms with Gasteiger partial charge in [-0.15, -0.1) is 0 Å². The number of nitrogens with one attached hydrogen (secondary N) is 1. The van der Waals surface area contributed by atoms with E-state index >= 15 is 0 Å². The van der Waals surface area contributed by atoms with Gasteiger partial charge in [-0.05, 0) is 56.2 Å². The number of carbonyl (C=O) groups is 1. The highest BCUT2D eigenvalue weighted by Gasteiger charge is 2.38. The van der Waals surface area contributed by atoms with Crippen molar-refractivity contribution in [3.8, 4) is 28.4 Å². The zero-order chi connectivity index (χ0) is 27.6. The Morgan fingerprint density at radius 3 is 2.50 bits per heavy atom. The van der Waals surface area contributed by atoms with E-state index in [9.17, 15) is 14.3 Å². The Hall–Kier alpha value is -3.82. The number of rotatable bonds is 9. The van der Waals surface area contributed by atoms with Gasteiger partial charge in [0.25, 0.3) is 5.91 Å². The highest BCUT2D eigenvalue weighted by Crippen LogP contribution is 2.45. The molecule has 0 aromatic heterocycles. The molecule has 8 nitrogen and oxygen atoms in total. The molecule has 1 aliphatic rings. The second kappa shape index (κ2) is 10.9. The Labute approximate surface area is 221 Å². The van der Waals surface area contributed by atoms with Gasteiger partial charge >= 0.3 is 0 Å². The quantitative estimate of drug-likeness (QED) is 0.384. The zero-order valence-corrected chi connectivity index (χ0v) is 22.2. The number of halogens is 1. The molecule has 3 aromatic rings. The monoisotopic (exact) mass is 524 g/mol. The maximum Gasteiger partial charge on any atom is 0.251 e. The molecule has 1 amide bonds. The van der Waals surface area contributed by atoms with Crippen LogP contribution in [0.4, 0.5) is 15.8 Å². The number of likely N-dealkylation sites (N-methyl/N-ethyl adjacent to an activating group) is 1. The van der Waals surface area contributed by atoms with Gasteiger partial charge in [0.2, 0.25) is 0 Å². The number of aryl methyl sites for hydroxylation is 1. The molecule has 0 saturated heterocycles. The van der Waals surface area contributed by atoms with E-state index in [1.807, 2.05) is 39.0 Å². The first kappa shape index (κ1) is 27.2. The second-order valence-electron chi connectivity index (χ2n) is 9.81. The third-order valence-corrected chi connectivity index (χ3v) is 6.54. The summed E-state index contributed by atoms with van der Waals surface area (Å²) in [5.41, 5.74) is 3.62. The van der Waals surface area contributed by atoms with Crippen LogP contribution in [0.25, 0.3) is 11.1 Å². The van der Waals surface area contributed by atoms with Crippen LogP contribution in [-0.4, -0.2) is 55.1 Å². The molecule has 1 atom stereocenters. The van der Waals surface area contributed by atoms with Gasteiger partial charge in [0.05, 0.1) is 25.1 Å². The average molecular weight is 525 g/mol. The number of fused-ring (bicyclic) bond motifs is 1.